The molecule has 1 aliphatic heterocycles. The van der Waals surface area contributed by atoms with Gasteiger partial charge in [-0.15, -0.1) is 0 Å². The Hall–Kier alpha value is -2.79. The third kappa shape index (κ3) is 2.98. The fourth-order valence-corrected chi connectivity index (χ4v) is 3.22. The summed E-state index contributed by atoms with van der Waals surface area (Å²) in [5, 5.41) is 4.44. The fourth-order valence-electron chi connectivity index (χ4n) is 3.22. The molecule has 5 nitrogen and oxygen atoms in total. The Morgan fingerprint density at radius 1 is 1.04 bits per heavy atom. The Balaban J connectivity index is 1.53. The molecule has 0 bridgehead atoms. The molecule has 1 N–H and O–H groups in total. The number of fused-ring (bicyclic) bond motifs is 2. The predicted molar refractivity (Wildman–Crippen MR) is 97.0 cm³/mol. The fraction of sp³-hybridized carbons (Fsp3) is 0.250. The number of nitrogens with one attached hydrogen (secondary N) is 1. The van der Waals surface area contributed by atoms with Gasteiger partial charge in [0, 0.05) is 25.2 Å². The molecule has 0 saturated heterocycles. The second kappa shape index (κ2) is 6.61. The lowest BCUT2D eigenvalue weighted by Crippen LogP contribution is -2.27. The highest BCUT2D eigenvalue weighted by atomic mass is 16.7. The smallest absolute Gasteiger partial charge is 0.255 e. The van der Waals surface area contributed by atoms with Gasteiger partial charge in [-0.2, -0.15) is 0 Å². The Kier molecular flexibility index (Phi) is 4.15. The van der Waals surface area contributed by atoms with Gasteiger partial charge >= 0.3 is 0 Å². The molecule has 0 aliphatic carbocycles. The van der Waals surface area contributed by atoms with Crippen molar-refractivity contribution in [3.63, 3.8) is 0 Å². The van der Waals surface area contributed by atoms with Crippen molar-refractivity contribution in [2.24, 2.45) is 0 Å². The minimum atomic E-state index is 0.0689. The van der Waals surface area contributed by atoms with E-state index in [0.717, 1.165) is 33.5 Å². The monoisotopic (exact) mass is 336 g/mol. The van der Waals surface area contributed by atoms with E-state index >= 15 is 0 Å². The second-order valence-electron chi connectivity index (χ2n) is 6.07. The summed E-state index contributed by atoms with van der Waals surface area (Å²) in [7, 11) is 0. The standard InChI is InChI=1S/C20H20N2O3/c1-2-22-17-6-4-3-5-15(17)10-16(20(22)23)12-21-11-14-7-8-18-19(9-14)25-13-24-18/h3-10,21H,2,11-13H2,1H3. The summed E-state index contributed by atoms with van der Waals surface area (Å²) in [6.45, 7) is 4.13. The van der Waals surface area contributed by atoms with Crippen molar-refractivity contribution in [1.29, 1.82) is 0 Å². The normalized spacial score (nSPS) is 12.7. The van der Waals surface area contributed by atoms with Gasteiger partial charge in [0.1, 0.15) is 0 Å². The third-order valence-corrected chi connectivity index (χ3v) is 4.47. The van der Waals surface area contributed by atoms with Crippen molar-refractivity contribution in [1.82, 2.24) is 9.88 Å². The van der Waals surface area contributed by atoms with E-state index in [1.165, 1.54) is 0 Å². The van der Waals surface area contributed by atoms with E-state index in [0.29, 0.717) is 19.6 Å². The molecule has 0 amide bonds. The molecule has 0 atom stereocenters. The highest BCUT2D eigenvalue weighted by Gasteiger charge is 2.13. The van der Waals surface area contributed by atoms with Crippen molar-refractivity contribution in [2.45, 2.75) is 26.6 Å². The van der Waals surface area contributed by atoms with Gasteiger partial charge in [-0.1, -0.05) is 24.3 Å². The van der Waals surface area contributed by atoms with Gasteiger partial charge in [0.25, 0.3) is 5.56 Å². The first kappa shape index (κ1) is 15.7. The SMILES string of the molecule is CCn1c(=O)c(CNCc2ccc3c(c2)OCO3)cc2ccccc21. The maximum absolute atomic E-state index is 12.7. The van der Waals surface area contributed by atoms with Gasteiger partial charge < -0.3 is 19.4 Å². The summed E-state index contributed by atoms with van der Waals surface area (Å²) in [4.78, 5) is 12.7. The number of rotatable bonds is 5. The molecule has 2 heterocycles. The highest BCUT2D eigenvalue weighted by molar-refractivity contribution is 5.79. The van der Waals surface area contributed by atoms with Crippen LogP contribution in [-0.2, 0) is 19.6 Å². The van der Waals surface area contributed by atoms with E-state index in [2.05, 4.69) is 5.32 Å². The number of benzene rings is 2. The topological polar surface area (TPSA) is 52.5 Å². The highest BCUT2D eigenvalue weighted by Crippen LogP contribution is 2.32. The molecule has 128 valence electrons. The molecule has 0 saturated carbocycles. The zero-order valence-corrected chi connectivity index (χ0v) is 14.1. The van der Waals surface area contributed by atoms with Crippen LogP contribution in [0.5, 0.6) is 11.5 Å². The zero-order valence-electron chi connectivity index (χ0n) is 14.1. The van der Waals surface area contributed by atoms with Crippen LogP contribution in [0, 0.1) is 0 Å². The number of ether oxygens (including phenoxy) is 2. The average Bonchev–Trinajstić information content (AvgIpc) is 3.10. The van der Waals surface area contributed by atoms with E-state index in [1.807, 2.05) is 60.0 Å². The predicted octanol–water partition coefficient (Wildman–Crippen LogP) is 3.04. The zero-order chi connectivity index (χ0) is 17.2. The molecule has 2 aromatic carbocycles. The van der Waals surface area contributed by atoms with Gasteiger partial charge in [-0.25, -0.2) is 0 Å². The first-order valence-electron chi connectivity index (χ1n) is 8.47. The van der Waals surface area contributed by atoms with Crippen LogP contribution in [0.4, 0.5) is 0 Å². The van der Waals surface area contributed by atoms with E-state index in [4.69, 9.17) is 9.47 Å². The molecule has 4 rings (SSSR count). The third-order valence-electron chi connectivity index (χ3n) is 4.47. The van der Waals surface area contributed by atoms with Crippen LogP contribution in [-0.4, -0.2) is 11.4 Å². The number of aromatic nitrogens is 1. The number of hydrogen-bond acceptors (Lipinski definition) is 4. The number of pyridine rings is 1. The molecule has 0 fully saturated rings. The molecule has 5 heteroatoms. The Morgan fingerprint density at radius 3 is 2.76 bits per heavy atom. The molecule has 25 heavy (non-hydrogen) atoms. The molecule has 1 aliphatic rings. The summed E-state index contributed by atoms with van der Waals surface area (Å²) in [5.74, 6) is 1.56. The molecule has 0 radical (unpaired) electrons. The number of para-hydroxylation sites is 1. The van der Waals surface area contributed by atoms with E-state index < -0.39 is 0 Å². The minimum absolute atomic E-state index is 0.0689. The first-order valence-corrected chi connectivity index (χ1v) is 8.47. The molecular weight excluding hydrogens is 316 g/mol. The largest absolute Gasteiger partial charge is 0.454 e. The molecule has 0 unspecified atom stereocenters. The summed E-state index contributed by atoms with van der Waals surface area (Å²) in [5.41, 5.74) is 2.93. The second-order valence-corrected chi connectivity index (χ2v) is 6.07. The van der Waals surface area contributed by atoms with Crippen LogP contribution in [0.15, 0.2) is 53.3 Å². The minimum Gasteiger partial charge on any atom is -0.454 e. The molecule has 1 aromatic heterocycles. The molecule has 0 spiro atoms. The number of hydrogen-bond donors (Lipinski definition) is 1. The summed E-state index contributed by atoms with van der Waals surface area (Å²) in [6, 6.07) is 15.9. The lowest BCUT2D eigenvalue weighted by Gasteiger charge is -2.12. The molecule has 3 aromatic rings. The summed E-state index contributed by atoms with van der Waals surface area (Å²) in [6.07, 6.45) is 0. The van der Waals surface area contributed by atoms with Crippen molar-refractivity contribution in [3.05, 3.63) is 70.0 Å². The van der Waals surface area contributed by atoms with Crippen LogP contribution < -0.4 is 20.3 Å². The van der Waals surface area contributed by atoms with Gasteiger partial charge in [0.15, 0.2) is 11.5 Å². The lowest BCUT2D eigenvalue weighted by atomic mass is 10.1. The Morgan fingerprint density at radius 2 is 1.88 bits per heavy atom. The van der Waals surface area contributed by atoms with Crippen molar-refractivity contribution in [3.8, 4) is 11.5 Å². The first-order chi connectivity index (χ1) is 12.3. The van der Waals surface area contributed by atoms with Crippen LogP contribution in [0.25, 0.3) is 10.9 Å². The van der Waals surface area contributed by atoms with Crippen LogP contribution in [0.1, 0.15) is 18.1 Å². The van der Waals surface area contributed by atoms with Crippen LogP contribution in [0.2, 0.25) is 0 Å². The van der Waals surface area contributed by atoms with E-state index in [1.54, 1.807) is 0 Å². The average molecular weight is 336 g/mol. The van der Waals surface area contributed by atoms with Gasteiger partial charge in [0.05, 0.1) is 5.52 Å². The molecular formula is C20H20N2O3. The quantitative estimate of drug-likeness (QED) is 0.778. The van der Waals surface area contributed by atoms with Crippen molar-refractivity contribution < 1.29 is 9.47 Å². The van der Waals surface area contributed by atoms with Crippen molar-refractivity contribution in [2.75, 3.05) is 6.79 Å². The van der Waals surface area contributed by atoms with Gasteiger partial charge in [-0.05, 0) is 42.1 Å². The maximum Gasteiger partial charge on any atom is 0.255 e. The number of nitrogens with zero attached hydrogens (tertiary/aromatic N) is 1. The van der Waals surface area contributed by atoms with Gasteiger partial charge in [-0.3, -0.25) is 4.79 Å². The van der Waals surface area contributed by atoms with Crippen LogP contribution in [0.3, 0.4) is 0 Å². The number of aryl methyl sites for hydroxylation is 1. The van der Waals surface area contributed by atoms with E-state index in [9.17, 15) is 4.79 Å². The van der Waals surface area contributed by atoms with Crippen molar-refractivity contribution >= 4 is 10.9 Å². The summed E-state index contributed by atoms with van der Waals surface area (Å²) < 4.78 is 12.5. The van der Waals surface area contributed by atoms with E-state index in [-0.39, 0.29) is 12.4 Å². The summed E-state index contributed by atoms with van der Waals surface area (Å²) >= 11 is 0. The van der Waals surface area contributed by atoms with Gasteiger partial charge in [0.2, 0.25) is 6.79 Å². The maximum atomic E-state index is 12.7. The Bertz CT molecular complexity index is 978. The van der Waals surface area contributed by atoms with Crippen LogP contribution >= 0.6 is 0 Å². The lowest BCUT2D eigenvalue weighted by molar-refractivity contribution is 0.174. The Labute approximate surface area is 145 Å².